The summed E-state index contributed by atoms with van der Waals surface area (Å²) >= 11 is 0. The summed E-state index contributed by atoms with van der Waals surface area (Å²) in [7, 11) is 1.36. The summed E-state index contributed by atoms with van der Waals surface area (Å²) < 4.78 is 4.57. The van der Waals surface area contributed by atoms with Gasteiger partial charge in [0.05, 0.1) is 12.6 Å². The number of pyridine rings is 1. The van der Waals surface area contributed by atoms with Crippen LogP contribution >= 0.6 is 0 Å². The third-order valence-electron chi connectivity index (χ3n) is 2.42. The first-order valence-corrected chi connectivity index (χ1v) is 5.15. The smallest absolute Gasteiger partial charge is 0.325 e. The van der Waals surface area contributed by atoms with Gasteiger partial charge in [-0.3, -0.25) is 9.78 Å². The normalized spacial score (nSPS) is 10.2. The number of benzene rings is 1. The minimum absolute atomic E-state index is 0.125. The summed E-state index contributed by atoms with van der Waals surface area (Å²) in [6.45, 7) is 0.125. The Labute approximate surface area is 98.6 Å². The predicted molar refractivity (Wildman–Crippen MR) is 66.7 cm³/mol. The lowest BCUT2D eigenvalue weighted by molar-refractivity contribution is -0.138. The summed E-state index contributed by atoms with van der Waals surface area (Å²) in [5.41, 5.74) is 7.97. The minimum Gasteiger partial charge on any atom is -0.468 e. The number of methoxy groups -OCH3 is 1. The van der Waals surface area contributed by atoms with Crippen molar-refractivity contribution in [1.82, 2.24) is 4.98 Å². The second-order valence-electron chi connectivity index (χ2n) is 3.56. The fourth-order valence-corrected chi connectivity index (χ4v) is 1.56. The zero-order valence-corrected chi connectivity index (χ0v) is 9.43. The zero-order valence-electron chi connectivity index (χ0n) is 9.43. The van der Waals surface area contributed by atoms with Crippen LogP contribution in [-0.4, -0.2) is 24.6 Å². The third kappa shape index (κ3) is 2.44. The van der Waals surface area contributed by atoms with Gasteiger partial charge in [0.2, 0.25) is 0 Å². The summed E-state index contributed by atoms with van der Waals surface area (Å²) in [5, 5.41) is 3.92. The number of nitrogens with one attached hydrogen (secondary N) is 1. The first kappa shape index (κ1) is 11.2. The van der Waals surface area contributed by atoms with Crippen molar-refractivity contribution in [2.45, 2.75) is 0 Å². The topological polar surface area (TPSA) is 77.2 Å². The number of carbonyl (C=O) groups excluding carboxylic acids is 1. The van der Waals surface area contributed by atoms with Gasteiger partial charge < -0.3 is 15.8 Å². The van der Waals surface area contributed by atoms with Crippen LogP contribution in [0.2, 0.25) is 0 Å². The van der Waals surface area contributed by atoms with Gasteiger partial charge in [0.15, 0.2) is 0 Å². The maximum absolute atomic E-state index is 11.1. The number of anilines is 2. The van der Waals surface area contributed by atoms with E-state index < -0.39 is 0 Å². The van der Waals surface area contributed by atoms with E-state index in [-0.39, 0.29) is 12.5 Å². The highest BCUT2D eigenvalue weighted by molar-refractivity contribution is 5.93. The van der Waals surface area contributed by atoms with E-state index in [0.29, 0.717) is 5.69 Å². The Morgan fingerprint density at radius 3 is 3.06 bits per heavy atom. The molecule has 0 saturated heterocycles. The van der Waals surface area contributed by atoms with Crippen molar-refractivity contribution < 1.29 is 9.53 Å². The second kappa shape index (κ2) is 4.69. The molecule has 17 heavy (non-hydrogen) atoms. The summed E-state index contributed by atoms with van der Waals surface area (Å²) in [4.78, 5) is 15.3. The Morgan fingerprint density at radius 2 is 2.29 bits per heavy atom. The number of fused-ring (bicyclic) bond motifs is 1. The highest BCUT2D eigenvalue weighted by Crippen LogP contribution is 2.22. The molecule has 0 saturated carbocycles. The van der Waals surface area contributed by atoms with E-state index in [1.54, 1.807) is 18.3 Å². The van der Waals surface area contributed by atoms with Gasteiger partial charge in [-0.25, -0.2) is 0 Å². The lowest BCUT2D eigenvalue weighted by Crippen LogP contribution is -2.15. The molecule has 0 fully saturated rings. The number of ether oxygens (including phenoxy) is 1. The van der Waals surface area contributed by atoms with Gasteiger partial charge in [-0.1, -0.05) is 0 Å². The van der Waals surface area contributed by atoms with Gasteiger partial charge in [0.25, 0.3) is 0 Å². The van der Waals surface area contributed by atoms with E-state index in [4.69, 9.17) is 5.73 Å². The molecule has 0 spiro atoms. The molecular formula is C12H13N3O2. The van der Waals surface area contributed by atoms with Gasteiger partial charge in [-0.2, -0.15) is 0 Å². The average Bonchev–Trinajstić information content (AvgIpc) is 2.35. The highest BCUT2D eigenvalue weighted by Gasteiger charge is 2.04. The number of aromatic nitrogens is 1. The second-order valence-corrected chi connectivity index (χ2v) is 3.56. The number of esters is 1. The molecule has 88 valence electrons. The lowest BCUT2D eigenvalue weighted by Gasteiger charge is -2.08. The number of nitrogens with two attached hydrogens (primary N) is 1. The SMILES string of the molecule is COC(=O)CNc1ccnc2cc(N)ccc12. The van der Waals surface area contributed by atoms with Crippen LogP contribution in [0.5, 0.6) is 0 Å². The van der Waals surface area contributed by atoms with Crippen molar-refractivity contribution in [1.29, 1.82) is 0 Å². The largest absolute Gasteiger partial charge is 0.468 e. The first-order valence-electron chi connectivity index (χ1n) is 5.15. The molecule has 0 amide bonds. The van der Waals surface area contributed by atoms with E-state index in [9.17, 15) is 4.79 Å². The maximum Gasteiger partial charge on any atom is 0.325 e. The van der Waals surface area contributed by atoms with Gasteiger partial charge in [0.1, 0.15) is 6.54 Å². The molecule has 0 unspecified atom stereocenters. The van der Waals surface area contributed by atoms with Crippen molar-refractivity contribution in [2.75, 3.05) is 24.7 Å². The fraction of sp³-hybridized carbons (Fsp3) is 0.167. The molecule has 0 radical (unpaired) electrons. The number of carbonyl (C=O) groups is 1. The van der Waals surface area contributed by atoms with Crippen LogP contribution in [-0.2, 0) is 9.53 Å². The molecule has 2 rings (SSSR count). The van der Waals surface area contributed by atoms with Crippen LogP contribution in [0.25, 0.3) is 10.9 Å². The molecule has 2 aromatic rings. The van der Waals surface area contributed by atoms with E-state index in [1.807, 2.05) is 12.1 Å². The van der Waals surface area contributed by atoms with Crippen LogP contribution in [0.3, 0.4) is 0 Å². The Kier molecular flexibility index (Phi) is 3.09. The molecule has 0 aliphatic heterocycles. The summed E-state index contributed by atoms with van der Waals surface area (Å²) in [5.74, 6) is -0.314. The van der Waals surface area contributed by atoms with Crippen LogP contribution in [0.15, 0.2) is 30.5 Å². The maximum atomic E-state index is 11.1. The van der Waals surface area contributed by atoms with Crippen LogP contribution in [0, 0.1) is 0 Å². The third-order valence-corrected chi connectivity index (χ3v) is 2.42. The molecule has 1 aromatic heterocycles. The standard InChI is InChI=1S/C12H13N3O2/c1-17-12(16)7-15-10-4-5-14-11-6-8(13)2-3-9(10)11/h2-6H,7,13H2,1H3,(H,14,15). The Hall–Kier alpha value is -2.30. The quantitative estimate of drug-likeness (QED) is 0.616. The van der Waals surface area contributed by atoms with Crippen molar-refractivity contribution in [3.63, 3.8) is 0 Å². The molecule has 1 heterocycles. The molecule has 5 heteroatoms. The average molecular weight is 231 g/mol. The van der Waals surface area contributed by atoms with Crippen molar-refractivity contribution in [3.05, 3.63) is 30.5 Å². The van der Waals surface area contributed by atoms with E-state index in [1.165, 1.54) is 7.11 Å². The number of hydrogen-bond acceptors (Lipinski definition) is 5. The van der Waals surface area contributed by atoms with Gasteiger partial charge >= 0.3 is 5.97 Å². The van der Waals surface area contributed by atoms with Crippen molar-refractivity contribution >= 4 is 28.2 Å². The van der Waals surface area contributed by atoms with Crippen LogP contribution in [0.4, 0.5) is 11.4 Å². The van der Waals surface area contributed by atoms with Crippen molar-refractivity contribution in [2.24, 2.45) is 0 Å². The minimum atomic E-state index is -0.314. The lowest BCUT2D eigenvalue weighted by atomic mass is 10.1. The summed E-state index contributed by atoms with van der Waals surface area (Å²) in [6.07, 6.45) is 1.67. The Balaban J connectivity index is 2.31. The van der Waals surface area contributed by atoms with Crippen LogP contribution < -0.4 is 11.1 Å². The fourth-order valence-electron chi connectivity index (χ4n) is 1.56. The Morgan fingerprint density at radius 1 is 1.47 bits per heavy atom. The van der Waals surface area contributed by atoms with Gasteiger partial charge in [-0.05, 0) is 24.3 Å². The Bertz CT molecular complexity index is 554. The van der Waals surface area contributed by atoms with E-state index in [0.717, 1.165) is 16.6 Å². The number of hydrogen-bond donors (Lipinski definition) is 2. The number of nitrogen functional groups attached to an aromatic ring is 1. The van der Waals surface area contributed by atoms with E-state index >= 15 is 0 Å². The highest BCUT2D eigenvalue weighted by atomic mass is 16.5. The predicted octanol–water partition coefficient (Wildman–Crippen LogP) is 1.40. The van der Waals surface area contributed by atoms with Gasteiger partial charge in [-0.15, -0.1) is 0 Å². The first-order chi connectivity index (χ1) is 8.20. The molecule has 3 N–H and O–H groups in total. The molecule has 0 atom stereocenters. The monoisotopic (exact) mass is 231 g/mol. The zero-order chi connectivity index (χ0) is 12.3. The van der Waals surface area contributed by atoms with E-state index in [2.05, 4.69) is 15.0 Å². The number of rotatable bonds is 3. The summed E-state index contributed by atoms with van der Waals surface area (Å²) in [6, 6.07) is 7.27. The van der Waals surface area contributed by atoms with Gasteiger partial charge in [0, 0.05) is 23.0 Å². The molecule has 0 aliphatic carbocycles. The molecule has 5 nitrogen and oxygen atoms in total. The molecular weight excluding hydrogens is 218 g/mol. The van der Waals surface area contributed by atoms with Crippen molar-refractivity contribution in [3.8, 4) is 0 Å². The molecule has 0 bridgehead atoms. The molecule has 0 aliphatic rings. The van der Waals surface area contributed by atoms with Crippen LogP contribution in [0.1, 0.15) is 0 Å². The molecule has 1 aromatic carbocycles. The number of nitrogens with zero attached hydrogens (tertiary/aromatic N) is 1.